The Morgan fingerprint density at radius 3 is 0.730 bits per heavy atom. The molecule has 0 saturated heterocycles. The first-order valence-electron chi connectivity index (χ1n) is 35.3. The summed E-state index contributed by atoms with van der Waals surface area (Å²) in [6.07, 6.45) is 0. The van der Waals surface area contributed by atoms with E-state index in [2.05, 4.69) is 338 Å². The van der Waals surface area contributed by atoms with Crippen molar-refractivity contribution in [3.05, 3.63) is 200 Å². The second-order valence-corrected chi connectivity index (χ2v) is 33.9. The highest BCUT2D eigenvalue weighted by molar-refractivity contribution is 6.47. The first-order valence-corrected chi connectivity index (χ1v) is 35.3. The lowest BCUT2D eigenvalue weighted by Gasteiger charge is -2.31. The van der Waals surface area contributed by atoms with Crippen LogP contribution in [0.4, 0.5) is 34.1 Å². The topological polar surface area (TPSA) is 71.1 Å². The predicted molar refractivity (Wildman–Crippen MR) is 421 cm³/mol. The van der Waals surface area contributed by atoms with Crippen LogP contribution in [-0.4, -0.2) is 39.2 Å². The van der Waals surface area contributed by atoms with Crippen molar-refractivity contribution in [1.29, 1.82) is 0 Å². The van der Waals surface area contributed by atoms with Gasteiger partial charge in [-0.25, -0.2) is 0 Å². The molecule has 9 heteroatoms. The van der Waals surface area contributed by atoms with Gasteiger partial charge in [0.15, 0.2) is 0 Å². The molecular weight excluding hydrogens is 1230 g/mol. The SMILES string of the molecule is Cc1cc(OC(C)(C)C)cc(N(c2cc(OC(C)(C)C)cc(OC(C)(C)C)c2)c2ccc3c4c(-c5ccccc5)c5c6ccc(N(c7cc(OC(C)(C)C)cc(OC(C)(C)C)c7)c7cc(OC(C)(C)C)cc(OC(C)(C)C)c7)c7cccc(c5c(-c5ccccc5)c4c4cccc2c43)c76)c1. The fourth-order valence-electron chi connectivity index (χ4n) is 14.3. The number of ether oxygens (including phenoxy) is 7. The highest BCUT2D eigenvalue weighted by atomic mass is 16.5. The Labute approximate surface area is 592 Å². The van der Waals surface area contributed by atoms with E-state index in [9.17, 15) is 0 Å². The van der Waals surface area contributed by atoms with Crippen LogP contribution in [0.1, 0.15) is 151 Å². The minimum absolute atomic E-state index is 0.444. The van der Waals surface area contributed by atoms with Crippen molar-refractivity contribution in [2.24, 2.45) is 0 Å². The number of nitrogens with zero attached hydrogens (tertiary/aromatic N) is 2. The molecule has 9 nitrogen and oxygen atoms in total. The van der Waals surface area contributed by atoms with Gasteiger partial charge in [-0.05, 0) is 258 Å². The molecule has 0 aromatic heterocycles. The first kappa shape index (κ1) is 68.7. The molecule has 13 rings (SSSR count). The number of aryl methyl sites for hydroxylation is 1. The van der Waals surface area contributed by atoms with Crippen LogP contribution in [0.25, 0.3) is 86.9 Å². The minimum Gasteiger partial charge on any atom is -0.488 e. The fourth-order valence-corrected chi connectivity index (χ4v) is 14.3. The summed E-state index contributed by atoms with van der Waals surface area (Å²) < 4.78 is 47.6. The van der Waals surface area contributed by atoms with Crippen LogP contribution in [0.15, 0.2) is 194 Å². The molecule has 0 aliphatic rings. The van der Waals surface area contributed by atoms with Gasteiger partial charge in [0.1, 0.15) is 79.5 Å². The Morgan fingerprint density at radius 2 is 0.460 bits per heavy atom. The number of hydrogen-bond donors (Lipinski definition) is 0. The Hall–Kier alpha value is -9.86. The van der Waals surface area contributed by atoms with E-state index >= 15 is 0 Å². The van der Waals surface area contributed by atoms with Crippen LogP contribution in [0.2, 0.25) is 0 Å². The molecule has 13 aromatic carbocycles. The number of anilines is 6. The maximum Gasteiger partial charge on any atom is 0.125 e. The highest BCUT2D eigenvalue weighted by Gasteiger charge is 2.33. The molecule has 0 atom stereocenters. The molecule has 0 N–H and O–H groups in total. The second-order valence-electron chi connectivity index (χ2n) is 33.9. The molecule has 0 heterocycles. The Balaban J connectivity index is 1.16. The minimum atomic E-state index is -0.514. The fraction of sp³-hybridized carbons (Fsp3) is 0.319. The third-order valence-corrected chi connectivity index (χ3v) is 16.9. The maximum absolute atomic E-state index is 6.82. The molecular formula is C91H98N2O7. The smallest absolute Gasteiger partial charge is 0.125 e. The standard InChI is InChI=1S/C91H98N2O7/c1-55-43-58(45-62(44-55)94-85(2,3)4)92(59-46-63(95-86(5,6)7)52-64(47-59)96-87(8,9)10)75-41-39-73-79-69(75)35-29-37-71(79)81-77(56-31-25-23-26-32-56)82-72-38-30-36-70-76(42-40-74(80(70)72)84(82)78(83(73)81)57-33-27-24-28-34-57)93(60-48-65(97-88(11,12)13)53-66(49-60)98-89(14,15)16)61-50-67(99-90(17,18)19)54-68(51-61)100-91(20,21)22/h23-54H,1-22H3. The van der Waals surface area contributed by atoms with Crippen molar-refractivity contribution < 1.29 is 33.2 Å². The molecule has 13 aromatic rings. The van der Waals surface area contributed by atoms with Gasteiger partial charge in [0.25, 0.3) is 0 Å². The molecule has 0 unspecified atom stereocenters. The van der Waals surface area contributed by atoms with E-state index < -0.39 is 39.2 Å². The largest absolute Gasteiger partial charge is 0.488 e. The molecule has 0 saturated carbocycles. The summed E-state index contributed by atoms with van der Waals surface area (Å²) in [6.45, 7) is 45.9. The number of rotatable bonds is 15. The predicted octanol–water partition coefficient (Wildman–Crippen LogP) is 26.3. The van der Waals surface area contributed by atoms with Crippen LogP contribution >= 0.6 is 0 Å². The molecule has 0 amide bonds. The summed E-state index contributed by atoms with van der Waals surface area (Å²) in [6, 6.07) is 70.6. The van der Waals surface area contributed by atoms with E-state index in [0.29, 0.717) is 34.5 Å². The molecule has 0 aliphatic carbocycles. The van der Waals surface area contributed by atoms with E-state index in [1.54, 1.807) is 0 Å². The van der Waals surface area contributed by atoms with Crippen LogP contribution < -0.4 is 43.0 Å². The van der Waals surface area contributed by atoms with E-state index in [-0.39, 0.29) is 0 Å². The maximum atomic E-state index is 6.82. The zero-order valence-corrected chi connectivity index (χ0v) is 62.7. The van der Waals surface area contributed by atoms with E-state index in [0.717, 1.165) is 94.3 Å². The molecule has 0 spiro atoms. The zero-order valence-electron chi connectivity index (χ0n) is 62.7. The van der Waals surface area contributed by atoms with E-state index in [1.165, 1.54) is 38.1 Å². The summed E-state index contributed by atoms with van der Waals surface area (Å²) in [5, 5.41) is 13.9. The Bertz CT molecular complexity index is 4940. The molecule has 0 radical (unpaired) electrons. The molecule has 0 bridgehead atoms. The van der Waals surface area contributed by atoms with Gasteiger partial charge in [-0.2, -0.15) is 0 Å². The lowest BCUT2D eigenvalue weighted by molar-refractivity contribution is 0.120. The van der Waals surface area contributed by atoms with Crippen molar-refractivity contribution in [2.45, 2.75) is 192 Å². The molecule has 0 aliphatic heterocycles. The summed E-state index contributed by atoms with van der Waals surface area (Å²) in [4.78, 5) is 4.70. The van der Waals surface area contributed by atoms with E-state index in [4.69, 9.17) is 33.2 Å². The van der Waals surface area contributed by atoms with Gasteiger partial charge in [0.05, 0.1) is 34.1 Å². The van der Waals surface area contributed by atoms with Crippen LogP contribution in [-0.2, 0) is 0 Å². The zero-order chi connectivity index (χ0) is 71.6. The average Bonchev–Trinajstić information content (AvgIpc) is 1.51. The summed E-state index contributed by atoms with van der Waals surface area (Å²) in [5.74, 6) is 4.91. The van der Waals surface area contributed by atoms with Crippen molar-refractivity contribution in [3.63, 3.8) is 0 Å². The van der Waals surface area contributed by atoms with Crippen molar-refractivity contribution in [2.75, 3.05) is 9.80 Å². The van der Waals surface area contributed by atoms with Crippen molar-refractivity contribution in [3.8, 4) is 62.5 Å². The quantitative estimate of drug-likeness (QED) is 0.0998. The number of hydrogen-bond acceptors (Lipinski definition) is 9. The van der Waals surface area contributed by atoms with Crippen LogP contribution in [0, 0.1) is 6.92 Å². The third kappa shape index (κ3) is 14.5. The third-order valence-electron chi connectivity index (χ3n) is 16.9. The van der Waals surface area contributed by atoms with Gasteiger partial charge >= 0.3 is 0 Å². The van der Waals surface area contributed by atoms with Gasteiger partial charge in [-0.3, -0.25) is 0 Å². The summed E-state index contributed by atoms with van der Waals surface area (Å²) in [7, 11) is 0. The summed E-state index contributed by atoms with van der Waals surface area (Å²) >= 11 is 0. The summed E-state index contributed by atoms with van der Waals surface area (Å²) in [5.41, 5.74) is 7.67. The van der Waals surface area contributed by atoms with Gasteiger partial charge < -0.3 is 43.0 Å². The van der Waals surface area contributed by atoms with Crippen LogP contribution in [0.3, 0.4) is 0 Å². The average molecular weight is 1330 g/mol. The normalized spacial score (nSPS) is 12.9. The second kappa shape index (κ2) is 24.8. The van der Waals surface area contributed by atoms with Gasteiger partial charge in [0, 0.05) is 71.4 Å². The van der Waals surface area contributed by atoms with Crippen molar-refractivity contribution in [1.82, 2.24) is 0 Å². The van der Waals surface area contributed by atoms with Crippen molar-refractivity contribution >= 4 is 98.8 Å². The molecule has 0 fully saturated rings. The lowest BCUT2D eigenvalue weighted by atomic mass is 9.87. The number of benzene rings is 11. The Morgan fingerprint density at radius 1 is 0.220 bits per heavy atom. The monoisotopic (exact) mass is 1330 g/mol. The van der Waals surface area contributed by atoms with Gasteiger partial charge in [-0.1, -0.05) is 109 Å². The van der Waals surface area contributed by atoms with Gasteiger partial charge in [-0.15, -0.1) is 0 Å². The van der Waals surface area contributed by atoms with Gasteiger partial charge in [0.2, 0.25) is 0 Å². The lowest BCUT2D eigenvalue weighted by Crippen LogP contribution is -2.25. The molecule has 514 valence electrons. The van der Waals surface area contributed by atoms with E-state index in [1.807, 2.05) is 18.2 Å². The highest BCUT2D eigenvalue weighted by Crippen LogP contribution is 2.59. The Kier molecular flexibility index (Phi) is 17.0. The first-order chi connectivity index (χ1) is 46.8. The molecule has 100 heavy (non-hydrogen) atoms. The van der Waals surface area contributed by atoms with Crippen LogP contribution in [0.5, 0.6) is 40.2 Å². The number of fused-ring (bicyclic) bond motifs is 6.